The van der Waals surface area contributed by atoms with Crippen LogP contribution in [0.4, 0.5) is 20.3 Å². The number of anilines is 2. The normalized spacial score (nSPS) is 27.3. The summed E-state index contributed by atoms with van der Waals surface area (Å²) in [7, 11) is 1.86. The predicted octanol–water partition coefficient (Wildman–Crippen LogP) is 2.74. The number of carbonyl (C=O) groups is 1. The van der Waals surface area contributed by atoms with Crippen molar-refractivity contribution in [1.29, 1.82) is 5.41 Å². The average Bonchev–Trinajstić information content (AvgIpc) is 3.28. The lowest BCUT2D eigenvalue weighted by atomic mass is 9.91. The van der Waals surface area contributed by atoms with Gasteiger partial charge in [-0.2, -0.15) is 5.10 Å². The molecule has 1 aromatic heterocycles. The van der Waals surface area contributed by atoms with E-state index in [1.54, 1.807) is 13.0 Å². The van der Waals surface area contributed by atoms with E-state index >= 15 is 0 Å². The zero-order valence-corrected chi connectivity index (χ0v) is 20.2. The van der Waals surface area contributed by atoms with Gasteiger partial charge in [0, 0.05) is 68.2 Å². The van der Waals surface area contributed by atoms with Gasteiger partial charge in [0.15, 0.2) is 5.82 Å². The Kier molecular flexibility index (Phi) is 5.23. The first-order valence-electron chi connectivity index (χ1n) is 12.4. The fraction of sp³-hybridized carbons (Fsp3) is 0.560. The van der Waals surface area contributed by atoms with Crippen LogP contribution in [-0.2, 0) is 29.7 Å². The highest BCUT2D eigenvalue weighted by atomic mass is 19.3. The highest BCUT2D eigenvalue weighted by Crippen LogP contribution is 2.48. The van der Waals surface area contributed by atoms with Crippen molar-refractivity contribution in [2.75, 3.05) is 44.7 Å². The minimum atomic E-state index is -2.63. The van der Waals surface area contributed by atoms with E-state index in [2.05, 4.69) is 14.9 Å². The summed E-state index contributed by atoms with van der Waals surface area (Å²) in [6.07, 6.45) is 1.13. The Labute approximate surface area is 203 Å². The van der Waals surface area contributed by atoms with Crippen LogP contribution in [0.15, 0.2) is 12.1 Å². The summed E-state index contributed by atoms with van der Waals surface area (Å²) < 4.78 is 30.7. The molecule has 35 heavy (non-hydrogen) atoms. The Morgan fingerprint density at radius 2 is 2.11 bits per heavy atom. The number of rotatable bonds is 5. The standard InChI is InChI=1S/C25H31F2N7O/c1-15(35)32-7-5-21-19(12-32)24(30-34(21)17-3-6-29-11-17)33-8-4-16-9-20(25(13-28)14-31(25)2)18(23(26)27)10-22(16)33/h9-10,13,17,23,28-29H,3-8,11-12,14H2,1-2H3. The molecule has 0 aliphatic carbocycles. The van der Waals surface area contributed by atoms with Crippen molar-refractivity contribution in [2.24, 2.45) is 0 Å². The van der Waals surface area contributed by atoms with Gasteiger partial charge in [-0.25, -0.2) is 8.78 Å². The van der Waals surface area contributed by atoms with Crippen LogP contribution in [0.25, 0.3) is 0 Å². The Morgan fingerprint density at radius 3 is 2.74 bits per heavy atom. The molecular weight excluding hydrogens is 452 g/mol. The maximum atomic E-state index is 14.3. The average molecular weight is 484 g/mol. The summed E-state index contributed by atoms with van der Waals surface area (Å²) in [6, 6.07) is 3.77. The summed E-state index contributed by atoms with van der Waals surface area (Å²) in [6.45, 7) is 5.79. The van der Waals surface area contributed by atoms with Crippen molar-refractivity contribution in [3.8, 4) is 0 Å². The van der Waals surface area contributed by atoms with E-state index < -0.39 is 12.0 Å². The Balaban J connectivity index is 1.45. The quantitative estimate of drug-likeness (QED) is 0.505. The molecule has 4 aliphatic heterocycles. The van der Waals surface area contributed by atoms with Gasteiger partial charge in [-0.05, 0) is 43.6 Å². The second kappa shape index (κ2) is 8.09. The summed E-state index contributed by atoms with van der Waals surface area (Å²) in [5.74, 6) is 0.823. The molecule has 4 aliphatic rings. The number of nitrogens with zero attached hydrogens (tertiary/aromatic N) is 5. The lowest BCUT2D eigenvalue weighted by Crippen LogP contribution is -2.35. The lowest BCUT2D eigenvalue weighted by Gasteiger charge is -2.28. The van der Waals surface area contributed by atoms with E-state index in [1.807, 2.05) is 22.9 Å². The topological polar surface area (TPSA) is 80.3 Å². The predicted molar refractivity (Wildman–Crippen MR) is 129 cm³/mol. The number of halogens is 2. The summed E-state index contributed by atoms with van der Waals surface area (Å²) in [5.41, 5.74) is 3.77. The SMILES string of the molecule is CC(=O)N1CCc2c(c(N3CCc4cc(C5(C=N)CN5C)c(C(F)F)cc43)nn2C2CCNC2)C1. The Morgan fingerprint density at radius 1 is 1.31 bits per heavy atom. The molecule has 2 fully saturated rings. The van der Waals surface area contributed by atoms with E-state index in [1.165, 1.54) is 6.21 Å². The van der Waals surface area contributed by atoms with Gasteiger partial charge in [0.2, 0.25) is 5.91 Å². The van der Waals surface area contributed by atoms with Gasteiger partial charge in [-0.3, -0.25) is 14.4 Å². The molecule has 3 atom stereocenters. The van der Waals surface area contributed by atoms with Gasteiger partial charge < -0.3 is 20.5 Å². The second-order valence-corrected chi connectivity index (χ2v) is 10.2. The van der Waals surface area contributed by atoms with Crippen molar-refractivity contribution in [2.45, 2.75) is 50.7 Å². The smallest absolute Gasteiger partial charge is 0.264 e. The number of alkyl halides is 2. The van der Waals surface area contributed by atoms with E-state index in [-0.39, 0.29) is 17.5 Å². The molecule has 2 aromatic rings. The van der Waals surface area contributed by atoms with Crippen LogP contribution in [0, 0.1) is 5.41 Å². The molecule has 8 nitrogen and oxygen atoms in total. The molecule has 0 radical (unpaired) electrons. The van der Waals surface area contributed by atoms with Crippen LogP contribution in [0.1, 0.15) is 53.8 Å². The summed E-state index contributed by atoms with van der Waals surface area (Å²) in [5, 5.41) is 16.4. The van der Waals surface area contributed by atoms with Crippen molar-refractivity contribution < 1.29 is 13.6 Å². The van der Waals surface area contributed by atoms with E-state index in [0.29, 0.717) is 31.7 Å². The largest absolute Gasteiger partial charge is 0.338 e. The summed E-state index contributed by atoms with van der Waals surface area (Å²) >= 11 is 0. The van der Waals surface area contributed by atoms with Crippen molar-refractivity contribution >= 4 is 23.6 Å². The Hall–Kier alpha value is -2.85. The van der Waals surface area contributed by atoms with Crippen LogP contribution >= 0.6 is 0 Å². The number of amides is 1. The highest BCUT2D eigenvalue weighted by molar-refractivity contribution is 5.79. The van der Waals surface area contributed by atoms with Crippen molar-refractivity contribution in [3.63, 3.8) is 0 Å². The van der Waals surface area contributed by atoms with Crippen LogP contribution < -0.4 is 10.2 Å². The molecule has 1 amide bonds. The van der Waals surface area contributed by atoms with Gasteiger partial charge in [0.25, 0.3) is 6.43 Å². The van der Waals surface area contributed by atoms with E-state index in [4.69, 9.17) is 10.5 Å². The van der Waals surface area contributed by atoms with Gasteiger partial charge in [-0.1, -0.05) is 6.07 Å². The second-order valence-electron chi connectivity index (χ2n) is 10.2. The molecule has 186 valence electrons. The molecule has 2 saturated heterocycles. The molecule has 0 bridgehead atoms. The molecule has 0 spiro atoms. The number of hydrogen-bond acceptors (Lipinski definition) is 6. The molecule has 2 N–H and O–H groups in total. The van der Waals surface area contributed by atoms with E-state index in [0.717, 1.165) is 60.7 Å². The third kappa shape index (κ3) is 3.41. The van der Waals surface area contributed by atoms with Crippen LogP contribution in [0.5, 0.6) is 0 Å². The number of carbonyl (C=O) groups excluding carboxylic acids is 1. The minimum Gasteiger partial charge on any atom is -0.338 e. The summed E-state index contributed by atoms with van der Waals surface area (Å²) in [4.78, 5) is 18.0. The third-order valence-electron chi connectivity index (χ3n) is 8.29. The molecule has 6 rings (SSSR count). The minimum absolute atomic E-state index is 0.0119. The monoisotopic (exact) mass is 483 g/mol. The fourth-order valence-corrected chi connectivity index (χ4v) is 6.14. The van der Waals surface area contributed by atoms with Crippen LogP contribution in [0.3, 0.4) is 0 Å². The number of likely N-dealkylation sites (N-methyl/N-ethyl adjacent to an activating group) is 1. The third-order valence-corrected chi connectivity index (χ3v) is 8.29. The first-order chi connectivity index (χ1) is 16.8. The van der Waals surface area contributed by atoms with Crippen LogP contribution in [0.2, 0.25) is 0 Å². The van der Waals surface area contributed by atoms with Crippen molar-refractivity contribution in [3.05, 3.63) is 40.1 Å². The highest BCUT2D eigenvalue weighted by Gasteiger charge is 2.51. The van der Waals surface area contributed by atoms with E-state index in [9.17, 15) is 13.6 Å². The number of nitrogens with one attached hydrogen (secondary N) is 2. The van der Waals surface area contributed by atoms with Gasteiger partial charge in [0.1, 0.15) is 0 Å². The molecule has 10 heteroatoms. The maximum absolute atomic E-state index is 14.3. The molecule has 5 heterocycles. The fourth-order valence-electron chi connectivity index (χ4n) is 6.14. The van der Waals surface area contributed by atoms with Gasteiger partial charge >= 0.3 is 0 Å². The molecule has 3 unspecified atom stereocenters. The van der Waals surface area contributed by atoms with Crippen molar-refractivity contribution in [1.82, 2.24) is 24.9 Å². The van der Waals surface area contributed by atoms with Crippen LogP contribution in [-0.4, -0.2) is 71.5 Å². The Bertz CT molecular complexity index is 1200. The molecule has 1 aromatic carbocycles. The zero-order chi connectivity index (χ0) is 24.5. The number of hydrogen-bond donors (Lipinski definition) is 2. The van der Waals surface area contributed by atoms with Gasteiger partial charge in [0.05, 0.1) is 18.1 Å². The first-order valence-corrected chi connectivity index (χ1v) is 12.4. The first kappa shape index (κ1) is 22.6. The molecular formula is C25H31F2N7O. The maximum Gasteiger partial charge on any atom is 0.264 e. The lowest BCUT2D eigenvalue weighted by molar-refractivity contribution is -0.129. The zero-order valence-electron chi connectivity index (χ0n) is 20.2. The number of fused-ring (bicyclic) bond motifs is 2. The van der Waals surface area contributed by atoms with Gasteiger partial charge in [-0.15, -0.1) is 0 Å². The number of aromatic nitrogens is 2. The number of benzene rings is 1. The molecule has 0 saturated carbocycles.